The Labute approximate surface area is 68.9 Å². The van der Waals surface area contributed by atoms with Crippen LogP contribution in [0.4, 0.5) is 0 Å². The molecule has 1 rings (SSSR count). The lowest BCUT2D eigenvalue weighted by Crippen LogP contribution is -1.74. The van der Waals surface area contributed by atoms with Crippen molar-refractivity contribution in [2.75, 3.05) is 0 Å². The van der Waals surface area contributed by atoms with E-state index in [9.17, 15) is 0 Å². The first-order valence-corrected chi connectivity index (χ1v) is 3.60. The molecule has 0 atom stereocenters. The maximum absolute atomic E-state index is 3.88. The zero-order valence-electron chi connectivity index (χ0n) is 7.19. The molecule has 0 heterocycles. The van der Waals surface area contributed by atoms with Crippen LogP contribution in [0.15, 0.2) is 41.6 Å². The summed E-state index contributed by atoms with van der Waals surface area (Å²) in [5, 5.41) is 0. The highest BCUT2D eigenvalue weighted by molar-refractivity contribution is 5.43. The number of aliphatic imine (C=N–C) groups is 1. The van der Waals surface area contributed by atoms with E-state index in [0.29, 0.717) is 0 Å². The van der Waals surface area contributed by atoms with E-state index >= 15 is 0 Å². The first kappa shape index (κ1) is 9.89. The zero-order valence-corrected chi connectivity index (χ0v) is 7.19. The third-order valence-electron chi connectivity index (χ3n) is 1.70. The van der Waals surface area contributed by atoms with Crippen molar-refractivity contribution in [1.29, 1.82) is 0 Å². The summed E-state index contributed by atoms with van der Waals surface area (Å²) in [4.78, 5) is 3.88. The lowest BCUT2D eigenvalue weighted by atomic mass is 10.2. The van der Waals surface area contributed by atoms with Gasteiger partial charge in [-0.25, -0.2) is 0 Å². The standard InChI is InChI=1S/C8H11N.C2H4/c1-6-4-5-7(2)8(6)9-3;1-2/h1,3-5H2,2H3;1-2H2. The molecule has 0 fully saturated rings. The van der Waals surface area contributed by atoms with Gasteiger partial charge >= 0.3 is 0 Å². The molecule has 0 aromatic carbocycles. The number of hydrogen-bond donors (Lipinski definition) is 0. The summed E-state index contributed by atoms with van der Waals surface area (Å²) < 4.78 is 0. The Bertz CT molecular complexity index is 199. The molecule has 0 amide bonds. The zero-order chi connectivity index (χ0) is 8.85. The summed E-state index contributed by atoms with van der Waals surface area (Å²) in [5.41, 5.74) is 3.51. The number of nitrogens with zero attached hydrogens (tertiary/aromatic N) is 1. The molecule has 1 nitrogen and oxygen atoms in total. The SMILES string of the molecule is C=C.C=NC1=C(C)CCC1=C. The van der Waals surface area contributed by atoms with Crippen molar-refractivity contribution in [2.24, 2.45) is 4.99 Å². The van der Waals surface area contributed by atoms with Crippen molar-refractivity contribution in [3.05, 3.63) is 36.6 Å². The second-order valence-corrected chi connectivity index (χ2v) is 2.39. The number of hydrogen-bond acceptors (Lipinski definition) is 1. The number of allylic oxidation sites excluding steroid dienone is 2. The van der Waals surface area contributed by atoms with Gasteiger partial charge < -0.3 is 0 Å². The van der Waals surface area contributed by atoms with Crippen LogP contribution in [-0.2, 0) is 0 Å². The van der Waals surface area contributed by atoms with E-state index < -0.39 is 0 Å². The van der Waals surface area contributed by atoms with Gasteiger partial charge in [-0.05, 0) is 37.6 Å². The predicted molar refractivity (Wildman–Crippen MR) is 51.9 cm³/mol. The molecular formula is C10H15N. The molecule has 0 aromatic rings. The molecule has 1 aliphatic rings. The summed E-state index contributed by atoms with van der Waals surface area (Å²) in [6, 6.07) is 0. The van der Waals surface area contributed by atoms with Crippen molar-refractivity contribution >= 4 is 6.72 Å². The van der Waals surface area contributed by atoms with Gasteiger partial charge in [-0.1, -0.05) is 6.58 Å². The minimum absolute atomic E-state index is 1.04. The topological polar surface area (TPSA) is 12.4 Å². The summed E-state index contributed by atoms with van der Waals surface area (Å²) >= 11 is 0. The van der Waals surface area contributed by atoms with Gasteiger partial charge in [0.25, 0.3) is 0 Å². The van der Waals surface area contributed by atoms with Crippen LogP contribution in [0.3, 0.4) is 0 Å². The fourth-order valence-electron chi connectivity index (χ4n) is 1.12. The summed E-state index contributed by atoms with van der Waals surface area (Å²) in [6.07, 6.45) is 2.19. The highest BCUT2D eigenvalue weighted by atomic mass is 14.7. The van der Waals surface area contributed by atoms with Gasteiger partial charge in [0.15, 0.2) is 0 Å². The largest absolute Gasteiger partial charge is 0.264 e. The van der Waals surface area contributed by atoms with Crippen molar-refractivity contribution in [3.63, 3.8) is 0 Å². The molecule has 0 aliphatic heterocycles. The minimum atomic E-state index is 1.04. The quantitative estimate of drug-likeness (QED) is 0.401. The van der Waals surface area contributed by atoms with Crippen LogP contribution in [0.25, 0.3) is 0 Å². The van der Waals surface area contributed by atoms with Crippen LogP contribution in [0.5, 0.6) is 0 Å². The first-order valence-electron chi connectivity index (χ1n) is 3.60. The molecular weight excluding hydrogens is 134 g/mol. The molecule has 0 saturated heterocycles. The molecule has 0 aromatic heterocycles. The fourth-order valence-corrected chi connectivity index (χ4v) is 1.12. The van der Waals surface area contributed by atoms with Gasteiger partial charge in [0, 0.05) is 0 Å². The minimum Gasteiger partial charge on any atom is -0.264 e. The van der Waals surface area contributed by atoms with E-state index in [1.54, 1.807) is 0 Å². The molecule has 1 heteroatoms. The third-order valence-corrected chi connectivity index (χ3v) is 1.70. The van der Waals surface area contributed by atoms with Crippen LogP contribution < -0.4 is 0 Å². The normalized spacial score (nSPS) is 15.9. The second kappa shape index (κ2) is 4.67. The Balaban J connectivity index is 0.000000461. The van der Waals surface area contributed by atoms with Crippen LogP contribution in [0.2, 0.25) is 0 Å². The Morgan fingerprint density at radius 3 is 2.00 bits per heavy atom. The van der Waals surface area contributed by atoms with Gasteiger partial charge in [-0.3, -0.25) is 4.99 Å². The Hall–Kier alpha value is -1.11. The Morgan fingerprint density at radius 1 is 1.27 bits per heavy atom. The molecule has 1 aliphatic carbocycles. The molecule has 0 bridgehead atoms. The highest BCUT2D eigenvalue weighted by Gasteiger charge is 2.12. The lowest BCUT2D eigenvalue weighted by Gasteiger charge is -1.93. The van der Waals surface area contributed by atoms with Gasteiger partial charge in [0.1, 0.15) is 0 Å². The molecule has 0 saturated carbocycles. The fraction of sp³-hybridized carbons (Fsp3) is 0.300. The van der Waals surface area contributed by atoms with Crippen molar-refractivity contribution in [2.45, 2.75) is 19.8 Å². The summed E-state index contributed by atoms with van der Waals surface area (Å²) in [5.74, 6) is 0. The van der Waals surface area contributed by atoms with Crippen molar-refractivity contribution < 1.29 is 0 Å². The van der Waals surface area contributed by atoms with Crippen molar-refractivity contribution in [3.8, 4) is 0 Å². The van der Waals surface area contributed by atoms with E-state index in [1.807, 2.05) is 0 Å². The van der Waals surface area contributed by atoms with Crippen LogP contribution >= 0.6 is 0 Å². The Morgan fingerprint density at radius 2 is 1.82 bits per heavy atom. The van der Waals surface area contributed by atoms with Crippen molar-refractivity contribution in [1.82, 2.24) is 0 Å². The first-order chi connectivity index (χ1) is 5.25. The molecule has 11 heavy (non-hydrogen) atoms. The maximum Gasteiger partial charge on any atom is 0.0637 e. The molecule has 0 N–H and O–H groups in total. The molecule has 0 spiro atoms. The van der Waals surface area contributed by atoms with Crippen LogP contribution in [-0.4, -0.2) is 6.72 Å². The molecule has 0 unspecified atom stereocenters. The second-order valence-electron chi connectivity index (χ2n) is 2.39. The predicted octanol–water partition coefficient (Wildman–Crippen LogP) is 3.11. The third kappa shape index (κ3) is 2.19. The lowest BCUT2D eigenvalue weighted by molar-refractivity contribution is 1.01. The van der Waals surface area contributed by atoms with E-state index in [4.69, 9.17) is 0 Å². The van der Waals surface area contributed by atoms with Gasteiger partial charge in [-0.2, -0.15) is 0 Å². The van der Waals surface area contributed by atoms with Crippen LogP contribution in [0, 0.1) is 0 Å². The maximum atomic E-state index is 3.88. The van der Waals surface area contributed by atoms with Gasteiger partial charge in [0.2, 0.25) is 0 Å². The Kier molecular flexibility index (Phi) is 4.20. The summed E-state index contributed by atoms with van der Waals surface area (Å²) in [6.45, 7) is 15.4. The van der Waals surface area contributed by atoms with E-state index in [0.717, 1.165) is 24.1 Å². The van der Waals surface area contributed by atoms with Crippen LogP contribution in [0.1, 0.15) is 19.8 Å². The molecule has 60 valence electrons. The van der Waals surface area contributed by atoms with Gasteiger partial charge in [0.05, 0.1) is 5.70 Å². The smallest absolute Gasteiger partial charge is 0.0637 e. The monoisotopic (exact) mass is 149 g/mol. The highest BCUT2D eigenvalue weighted by Crippen LogP contribution is 2.29. The average molecular weight is 149 g/mol. The van der Waals surface area contributed by atoms with E-state index in [2.05, 4.69) is 38.4 Å². The van der Waals surface area contributed by atoms with E-state index in [-0.39, 0.29) is 0 Å². The number of rotatable bonds is 1. The van der Waals surface area contributed by atoms with E-state index in [1.165, 1.54) is 5.57 Å². The molecule has 0 radical (unpaired) electrons. The summed E-state index contributed by atoms with van der Waals surface area (Å²) in [7, 11) is 0. The van der Waals surface area contributed by atoms with Gasteiger partial charge in [-0.15, -0.1) is 13.2 Å². The average Bonchev–Trinajstić information content (AvgIpc) is 2.35.